The van der Waals surface area contributed by atoms with E-state index in [-0.39, 0.29) is 28.0 Å². The quantitative estimate of drug-likeness (QED) is 0.488. The van der Waals surface area contributed by atoms with Crippen LogP contribution in [0.25, 0.3) is 11.0 Å². The molecule has 0 bridgehead atoms. The maximum absolute atomic E-state index is 13.2. The number of anilines is 3. The number of fused-ring (bicyclic) bond motifs is 2. The van der Waals surface area contributed by atoms with E-state index in [1.165, 1.54) is 24.5 Å². The number of aromatic nitrogens is 4. The van der Waals surface area contributed by atoms with Gasteiger partial charge in [0.15, 0.2) is 5.65 Å². The molecule has 11 heteroatoms. The van der Waals surface area contributed by atoms with Crippen molar-refractivity contribution in [1.29, 1.82) is 5.26 Å². The summed E-state index contributed by atoms with van der Waals surface area (Å²) in [5.74, 6) is 0.169. The Kier molecular flexibility index (Phi) is 4.57. The maximum Gasteiger partial charge on any atom is 0.286 e. The molecule has 4 aromatic rings. The van der Waals surface area contributed by atoms with E-state index in [9.17, 15) is 18.5 Å². The molecule has 0 aliphatic carbocycles. The second-order valence-corrected chi connectivity index (χ2v) is 8.85. The summed E-state index contributed by atoms with van der Waals surface area (Å²) in [7, 11) is -4.15. The minimum atomic E-state index is -4.15. The van der Waals surface area contributed by atoms with Crippen LogP contribution in [0.1, 0.15) is 17.5 Å². The molecule has 0 saturated heterocycles. The fraction of sp³-hybridized carbons (Fsp3) is 0.0952. The van der Waals surface area contributed by atoms with Crippen molar-refractivity contribution in [1.82, 2.24) is 19.2 Å². The molecule has 1 amide bonds. The lowest BCUT2D eigenvalue weighted by Crippen LogP contribution is -2.18. The summed E-state index contributed by atoms with van der Waals surface area (Å²) in [6.07, 6.45) is 3.87. The highest BCUT2D eigenvalue weighted by atomic mass is 32.2. The van der Waals surface area contributed by atoms with E-state index in [1.54, 1.807) is 24.3 Å². The maximum atomic E-state index is 13.2. The third-order valence-electron chi connectivity index (χ3n) is 5.05. The molecule has 2 aromatic heterocycles. The molecule has 0 radical (unpaired) electrons. The number of carbonyl (C=O) groups excluding carboxylic acids is 1. The Hall–Kier alpha value is -4.30. The summed E-state index contributed by atoms with van der Waals surface area (Å²) < 4.78 is 27.2. The highest BCUT2D eigenvalue weighted by molar-refractivity contribution is 7.90. The van der Waals surface area contributed by atoms with Gasteiger partial charge in [-0.15, -0.1) is 4.09 Å². The summed E-state index contributed by atoms with van der Waals surface area (Å²) in [5, 5.41) is 19.6. The number of nitrogens with one attached hydrogen (secondary N) is 2. The van der Waals surface area contributed by atoms with Crippen molar-refractivity contribution in [3.63, 3.8) is 0 Å². The second-order valence-electron chi connectivity index (χ2n) is 7.12. The summed E-state index contributed by atoms with van der Waals surface area (Å²) in [6.45, 7) is 0. The van der Waals surface area contributed by atoms with Gasteiger partial charge < -0.3 is 10.6 Å². The molecule has 2 aromatic carbocycles. The Morgan fingerprint density at radius 1 is 1.12 bits per heavy atom. The van der Waals surface area contributed by atoms with Crippen molar-refractivity contribution < 1.29 is 13.2 Å². The topological polar surface area (TPSA) is 143 Å². The number of hydrogen-bond acceptors (Lipinski definition) is 8. The van der Waals surface area contributed by atoms with Gasteiger partial charge in [-0.2, -0.15) is 23.8 Å². The smallest absolute Gasteiger partial charge is 0.286 e. The standard InChI is InChI=1S/C21H15N7O3S/c22-10-14-3-1-2-4-18(14)32(30,31)28-20-15(12-24-28)11-23-21(27-20)25-16-6-7-17-13(9-16)5-8-19(29)26-17/h1-4,6-7,9,11-12H,5,8H2,(H,26,29)(H,23,25,27). The van der Waals surface area contributed by atoms with Crippen molar-refractivity contribution in [2.45, 2.75) is 17.7 Å². The third kappa shape index (κ3) is 3.32. The Labute approximate surface area is 182 Å². The molecule has 0 unspecified atom stereocenters. The normalized spacial score (nSPS) is 13.3. The molecule has 158 valence electrons. The van der Waals surface area contributed by atoms with Gasteiger partial charge in [-0.25, -0.2) is 4.98 Å². The number of nitrogens with zero attached hydrogens (tertiary/aromatic N) is 5. The highest BCUT2D eigenvalue weighted by Gasteiger charge is 2.25. The zero-order chi connectivity index (χ0) is 22.3. The molecule has 0 saturated carbocycles. The van der Waals surface area contributed by atoms with Gasteiger partial charge in [0, 0.05) is 24.0 Å². The van der Waals surface area contributed by atoms with E-state index in [1.807, 2.05) is 12.1 Å². The van der Waals surface area contributed by atoms with E-state index in [4.69, 9.17) is 0 Å². The summed E-state index contributed by atoms with van der Waals surface area (Å²) in [4.78, 5) is 20.0. The van der Waals surface area contributed by atoms with Gasteiger partial charge >= 0.3 is 0 Å². The van der Waals surface area contributed by atoms with E-state index in [0.717, 1.165) is 15.3 Å². The van der Waals surface area contributed by atoms with Crippen molar-refractivity contribution in [2.75, 3.05) is 10.6 Å². The number of amides is 1. The van der Waals surface area contributed by atoms with Gasteiger partial charge in [0.2, 0.25) is 11.9 Å². The first-order valence-electron chi connectivity index (χ1n) is 9.61. The molecule has 1 aliphatic heterocycles. The molecular formula is C21H15N7O3S. The number of carbonyl (C=O) groups is 1. The number of rotatable bonds is 4. The molecule has 10 nitrogen and oxygen atoms in total. The van der Waals surface area contributed by atoms with E-state index >= 15 is 0 Å². The monoisotopic (exact) mass is 445 g/mol. The van der Waals surface area contributed by atoms with Crippen LogP contribution in [0.3, 0.4) is 0 Å². The molecule has 1 aliphatic rings. The van der Waals surface area contributed by atoms with Crippen LogP contribution in [0.15, 0.2) is 59.8 Å². The Bertz CT molecular complexity index is 1540. The van der Waals surface area contributed by atoms with Crippen LogP contribution < -0.4 is 10.6 Å². The second kappa shape index (κ2) is 7.44. The molecule has 32 heavy (non-hydrogen) atoms. The Balaban J connectivity index is 1.52. The molecule has 3 heterocycles. The average Bonchev–Trinajstić information content (AvgIpc) is 3.23. The van der Waals surface area contributed by atoms with Crippen molar-refractivity contribution in [3.8, 4) is 6.07 Å². The zero-order valence-corrected chi connectivity index (χ0v) is 17.3. The number of aryl methyl sites for hydroxylation is 1. The van der Waals surface area contributed by atoms with Crippen molar-refractivity contribution in [2.24, 2.45) is 0 Å². The highest BCUT2D eigenvalue weighted by Crippen LogP contribution is 2.27. The number of hydrogen-bond donors (Lipinski definition) is 2. The lowest BCUT2D eigenvalue weighted by Gasteiger charge is -2.17. The molecule has 5 rings (SSSR count). The van der Waals surface area contributed by atoms with Crippen molar-refractivity contribution >= 4 is 44.3 Å². The first-order chi connectivity index (χ1) is 15.5. The van der Waals surface area contributed by atoms with Gasteiger partial charge in [-0.1, -0.05) is 12.1 Å². The van der Waals surface area contributed by atoms with E-state index < -0.39 is 10.0 Å². The third-order valence-corrected chi connectivity index (χ3v) is 6.68. The average molecular weight is 445 g/mol. The van der Waals surface area contributed by atoms with Crippen LogP contribution >= 0.6 is 0 Å². The van der Waals surface area contributed by atoms with Crippen LogP contribution in [0.5, 0.6) is 0 Å². The fourth-order valence-corrected chi connectivity index (χ4v) is 4.87. The van der Waals surface area contributed by atoms with Crippen molar-refractivity contribution in [3.05, 3.63) is 66.0 Å². The van der Waals surface area contributed by atoms with Gasteiger partial charge in [-0.05, 0) is 42.3 Å². The van der Waals surface area contributed by atoms with Crippen LogP contribution in [0, 0.1) is 11.3 Å². The Morgan fingerprint density at radius 2 is 1.97 bits per heavy atom. The lowest BCUT2D eigenvalue weighted by atomic mass is 10.0. The number of nitriles is 1. The first kappa shape index (κ1) is 19.7. The van der Waals surface area contributed by atoms with Gasteiger partial charge in [0.1, 0.15) is 11.0 Å². The summed E-state index contributed by atoms with van der Waals surface area (Å²) in [6, 6.07) is 13.3. The lowest BCUT2D eigenvalue weighted by molar-refractivity contribution is -0.116. The molecule has 0 fully saturated rings. The molecular weight excluding hydrogens is 430 g/mol. The summed E-state index contributed by atoms with van der Waals surface area (Å²) >= 11 is 0. The van der Waals surface area contributed by atoms with Gasteiger partial charge in [-0.3, -0.25) is 4.79 Å². The van der Waals surface area contributed by atoms with Crippen LogP contribution in [0.2, 0.25) is 0 Å². The molecule has 2 N–H and O–H groups in total. The van der Waals surface area contributed by atoms with Crippen LogP contribution in [-0.2, 0) is 21.2 Å². The van der Waals surface area contributed by atoms with E-state index in [0.29, 0.717) is 23.9 Å². The SMILES string of the molecule is N#Cc1ccccc1S(=O)(=O)n1ncc2cnc(Nc3ccc4c(c3)CCC(=O)N4)nc21. The predicted molar refractivity (Wildman–Crippen MR) is 116 cm³/mol. The van der Waals surface area contributed by atoms with Crippen LogP contribution in [0.4, 0.5) is 17.3 Å². The molecule has 0 spiro atoms. The fourth-order valence-electron chi connectivity index (χ4n) is 3.50. The predicted octanol–water partition coefficient (Wildman–Crippen LogP) is 2.56. The Morgan fingerprint density at radius 3 is 2.81 bits per heavy atom. The minimum absolute atomic E-state index is 0.0144. The largest absolute Gasteiger partial charge is 0.326 e. The number of benzene rings is 2. The van der Waals surface area contributed by atoms with Crippen LogP contribution in [-0.4, -0.2) is 33.5 Å². The molecule has 0 atom stereocenters. The van der Waals surface area contributed by atoms with Gasteiger partial charge in [0.25, 0.3) is 10.0 Å². The van der Waals surface area contributed by atoms with Gasteiger partial charge in [0.05, 0.1) is 17.1 Å². The minimum Gasteiger partial charge on any atom is -0.326 e. The zero-order valence-electron chi connectivity index (χ0n) is 16.5. The van der Waals surface area contributed by atoms with E-state index in [2.05, 4.69) is 25.7 Å². The first-order valence-corrected chi connectivity index (χ1v) is 11.0. The summed E-state index contributed by atoms with van der Waals surface area (Å²) in [5.41, 5.74) is 2.55.